The molecule has 2 aromatic rings. The lowest BCUT2D eigenvalue weighted by atomic mass is 10.2. The van der Waals surface area contributed by atoms with Crippen molar-refractivity contribution in [1.29, 1.82) is 0 Å². The number of pyridine rings is 1. The average molecular weight is 396 g/mol. The standard InChI is InChI=1S/C17H21N3O4S2/c21-25(22,19-17-10-3-4-11-18-17)15-8-7-9-16(14-15)26(23,24)20-12-5-1-2-6-13-20/h3-4,7-11,14H,1-2,5-6,12-13H2,(H,18,19). The molecule has 1 N–H and O–H groups in total. The Balaban J connectivity index is 1.90. The van der Waals surface area contributed by atoms with Gasteiger partial charge in [-0.15, -0.1) is 0 Å². The van der Waals surface area contributed by atoms with Crippen LogP contribution in [-0.4, -0.2) is 39.2 Å². The van der Waals surface area contributed by atoms with E-state index in [-0.39, 0.29) is 15.6 Å². The molecule has 1 aliphatic heterocycles. The first kappa shape index (κ1) is 18.8. The van der Waals surface area contributed by atoms with Gasteiger partial charge in [-0.3, -0.25) is 4.72 Å². The zero-order valence-electron chi connectivity index (χ0n) is 14.2. The third-order valence-electron chi connectivity index (χ3n) is 4.22. The number of hydrogen-bond acceptors (Lipinski definition) is 5. The van der Waals surface area contributed by atoms with Crippen LogP contribution in [0, 0.1) is 0 Å². The summed E-state index contributed by atoms with van der Waals surface area (Å²) >= 11 is 0. The molecule has 1 saturated heterocycles. The first-order valence-electron chi connectivity index (χ1n) is 8.44. The molecule has 0 spiro atoms. The van der Waals surface area contributed by atoms with E-state index in [2.05, 4.69) is 9.71 Å². The largest absolute Gasteiger partial charge is 0.263 e. The van der Waals surface area contributed by atoms with Gasteiger partial charge < -0.3 is 0 Å². The quantitative estimate of drug-likeness (QED) is 0.839. The molecule has 1 aromatic carbocycles. The Morgan fingerprint density at radius 3 is 2.19 bits per heavy atom. The molecule has 0 saturated carbocycles. The van der Waals surface area contributed by atoms with E-state index in [1.807, 2.05) is 0 Å². The number of anilines is 1. The van der Waals surface area contributed by atoms with Crippen LogP contribution < -0.4 is 4.72 Å². The van der Waals surface area contributed by atoms with E-state index in [9.17, 15) is 16.8 Å². The summed E-state index contributed by atoms with van der Waals surface area (Å²) in [6.07, 6.45) is 5.12. The highest BCUT2D eigenvalue weighted by molar-refractivity contribution is 7.93. The summed E-state index contributed by atoms with van der Waals surface area (Å²) in [6, 6.07) is 10.3. The highest BCUT2D eigenvalue weighted by atomic mass is 32.2. The van der Waals surface area contributed by atoms with E-state index in [0.717, 1.165) is 25.7 Å². The van der Waals surface area contributed by atoms with Gasteiger partial charge in [-0.25, -0.2) is 21.8 Å². The van der Waals surface area contributed by atoms with Gasteiger partial charge in [0.2, 0.25) is 10.0 Å². The van der Waals surface area contributed by atoms with Gasteiger partial charge in [-0.1, -0.05) is 25.0 Å². The zero-order chi connectivity index (χ0) is 18.6. The Hall–Kier alpha value is -1.97. The molecule has 0 amide bonds. The molecule has 1 aromatic heterocycles. The summed E-state index contributed by atoms with van der Waals surface area (Å²) < 4.78 is 54.7. The maximum Gasteiger partial charge on any atom is 0.263 e. The summed E-state index contributed by atoms with van der Waals surface area (Å²) in [5.74, 6) is 0.174. The molecule has 0 aliphatic carbocycles. The predicted octanol–water partition coefficient (Wildman–Crippen LogP) is 2.45. The first-order chi connectivity index (χ1) is 12.4. The van der Waals surface area contributed by atoms with Crippen molar-refractivity contribution in [3.05, 3.63) is 48.7 Å². The summed E-state index contributed by atoms with van der Waals surface area (Å²) in [6.45, 7) is 0.928. The van der Waals surface area contributed by atoms with Gasteiger partial charge in [0.1, 0.15) is 5.82 Å². The van der Waals surface area contributed by atoms with Gasteiger partial charge in [0.15, 0.2) is 0 Å². The molecular formula is C17H21N3O4S2. The number of hydrogen-bond donors (Lipinski definition) is 1. The van der Waals surface area contributed by atoms with Crippen LogP contribution in [0.1, 0.15) is 25.7 Å². The lowest BCUT2D eigenvalue weighted by molar-refractivity contribution is 0.423. The SMILES string of the molecule is O=S(=O)(Nc1ccccn1)c1cccc(S(=O)(=O)N2CCCCCC2)c1. The maximum atomic E-state index is 12.9. The molecule has 1 aliphatic rings. The molecule has 0 radical (unpaired) electrons. The van der Waals surface area contributed by atoms with Gasteiger partial charge in [0, 0.05) is 19.3 Å². The fourth-order valence-corrected chi connectivity index (χ4v) is 5.54. The molecule has 3 rings (SSSR count). The van der Waals surface area contributed by atoms with Crippen LogP contribution in [0.4, 0.5) is 5.82 Å². The highest BCUT2D eigenvalue weighted by Crippen LogP contribution is 2.23. The molecule has 0 atom stereocenters. The van der Waals surface area contributed by atoms with Crippen molar-refractivity contribution in [2.45, 2.75) is 35.5 Å². The maximum absolute atomic E-state index is 12.9. The van der Waals surface area contributed by atoms with Gasteiger partial charge >= 0.3 is 0 Å². The summed E-state index contributed by atoms with van der Waals surface area (Å²) in [5.41, 5.74) is 0. The lowest BCUT2D eigenvalue weighted by Gasteiger charge is -2.20. The summed E-state index contributed by atoms with van der Waals surface area (Å²) in [5, 5.41) is 0. The molecule has 1 fully saturated rings. The lowest BCUT2D eigenvalue weighted by Crippen LogP contribution is -2.32. The van der Waals surface area contributed by atoms with Gasteiger partial charge in [-0.05, 0) is 43.2 Å². The van der Waals surface area contributed by atoms with E-state index in [0.29, 0.717) is 13.1 Å². The van der Waals surface area contributed by atoms with Crippen LogP contribution in [0.25, 0.3) is 0 Å². The Morgan fingerprint density at radius 2 is 1.54 bits per heavy atom. The van der Waals surface area contributed by atoms with E-state index < -0.39 is 20.0 Å². The second-order valence-electron chi connectivity index (χ2n) is 6.11. The van der Waals surface area contributed by atoms with Gasteiger partial charge in [0.05, 0.1) is 9.79 Å². The van der Waals surface area contributed by atoms with Crippen molar-refractivity contribution < 1.29 is 16.8 Å². The smallest absolute Gasteiger partial charge is 0.263 e. The zero-order valence-corrected chi connectivity index (χ0v) is 15.8. The normalized spacial score (nSPS) is 16.8. The third-order valence-corrected chi connectivity index (χ3v) is 7.47. The van der Waals surface area contributed by atoms with Crippen LogP contribution in [0.2, 0.25) is 0 Å². The van der Waals surface area contributed by atoms with E-state index in [1.54, 1.807) is 12.1 Å². The average Bonchev–Trinajstić information content (AvgIpc) is 2.92. The van der Waals surface area contributed by atoms with E-state index in [1.165, 1.54) is 40.8 Å². The second kappa shape index (κ2) is 7.73. The minimum Gasteiger partial charge on any atom is -0.263 e. The molecule has 140 valence electrons. The number of nitrogens with one attached hydrogen (secondary N) is 1. The second-order valence-corrected chi connectivity index (χ2v) is 9.73. The van der Waals surface area contributed by atoms with Crippen LogP contribution in [-0.2, 0) is 20.0 Å². The van der Waals surface area contributed by atoms with Crippen LogP contribution in [0.15, 0.2) is 58.5 Å². The van der Waals surface area contributed by atoms with Crippen LogP contribution in [0.5, 0.6) is 0 Å². The van der Waals surface area contributed by atoms with Gasteiger partial charge in [0.25, 0.3) is 10.0 Å². The minimum atomic E-state index is -3.93. The number of benzene rings is 1. The van der Waals surface area contributed by atoms with Crippen molar-refractivity contribution in [3.8, 4) is 0 Å². The minimum absolute atomic E-state index is 0.0108. The molecular weight excluding hydrogens is 374 g/mol. The number of nitrogens with zero attached hydrogens (tertiary/aromatic N) is 2. The van der Waals surface area contributed by atoms with Crippen LogP contribution >= 0.6 is 0 Å². The monoisotopic (exact) mass is 395 g/mol. The molecule has 7 nitrogen and oxygen atoms in total. The summed E-state index contributed by atoms with van der Waals surface area (Å²) in [7, 11) is -7.65. The van der Waals surface area contributed by atoms with Crippen LogP contribution in [0.3, 0.4) is 0 Å². The molecule has 9 heteroatoms. The first-order valence-corrected chi connectivity index (χ1v) is 11.4. The van der Waals surface area contributed by atoms with Crippen molar-refractivity contribution in [2.75, 3.05) is 17.8 Å². The summed E-state index contributed by atoms with van der Waals surface area (Å²) in [4.78, 5) is 3.80. The molecule has 26 heavy (non-hydrogen) atoms. The Morgan fingerprint density at radius 1 is 0.846 bits per heavy atom. The van der Waals surface area contributed by atoms with Crippen molar-refractivity contribution >= 4 is 25.9 Å². The fourth-order valence-electron chi connectivity index (χ4n) is 2.85. The molecule has 0 bridgehead atoms. The van der Waals surface area contributed by atoms with Gasteiger partial charge in [-0.2, -0.15) is 4.31 Å². The van der Waals surface area contributed by atoms with E-state index >= 15 is 0 Å². The number of aromatic nitrogens is 1. The van der Waals surface area contributed by atoms with Crippen molar-refractivity contribution in [2.24, 2.45) is 0 Å². The number of sulfonamides is 2. The predicted molar refractivity (Wildman–Crippen MR) is 98.7 cm³/mol. The number of rotatable bonds is 5. The van der Waals surface area contributed by atoms with Crippen molar-refractivity contribution in [1.82, 2.24) is 9.29 Å². The Labute approximate surface area is 154 Å². The molecule has 0 unspecified atom stereocenters. The highest BCUT2D eigenvalue weighted by Gasteiger charge is 2.26. The third kappa shape index (κ3) is 4.22. The topological polar surface area (TPSA) is 96.4 Å². The van der Waals surface area contributed by atoms with Crippen molar-refractivity contribution in [3.63, 3.8) is 0 Å². The molecule has 2 heterocycles. The Kier molecular flexibility index (Phi) is 5.59. The van der Waals surface area contributed by atoms with E-state index in [4.69, 9.17) is 0 Å². The fraction of sp³-hybridized carbons (Fsp3) is 0.353. The Bertz CT molecular complexity index is 953.